The number of hydrogen-bond donors (Lipinski definition) is 3. The van der Waals surface area contributed by atoms with E-state index in [1.54, 1.807) is 0 Å². The molecule has 108 valence electrons. The highest BCUT2D eigenvalue weighted by molar-refractivity contribution is 6.05. The van der Waals surface area contributed by atoms with Crippen molar-refractivity contribution in [2.24, 2.45) is 5.73 Å². The van der Waals surface area contributed by atoms with Gasteiger partial charge in [-0.15, -0.1) is 0 Å². The number of ether oxygens (including phenoxy) is 1. The fraction of sp³-hybridized carbons (Fsp3) is 0.429. The van der Waals surface area contributed by atoms with Crippen molar-refractivity contribution >= 4 is 17.6 Å². The van der Waals surface area contributed by atoms with Gasteiger partial charge in [-0.25, -0.2) is 4.79 Å². The SMILES string of the molecule is CC1(C)C(=O)Nc2ccc(C(N)COCC(=O)O)cc21. The van der Waals surface area contributed by atoms with Crippen molar-refractivity contribution < 1.29 is 19.4 Å². The maximum atomic E-state index is 11.8. The highest BCUT2D eigenvalue weighted by atomic mass is 16.5. The van der Waals surface area contributed by atoms with E-state index < -0.39 is 17.4 Å². The molecule has 0 aliphatic carbocycles. The number of amides is 1. The van der Waals surface area contributed by atoms with E-state index in [1.165, 1.54) is 0 Å². The van der Waals surface area contributed by atoms with Gasteiger partial charge in [0.1, 0.15) is 6.61 Å². The third kappa shape index (κ3) is 2.66. The molecule has 1 aromatic carbocycles. The van der Waals surface area contributed by atoms with Crippen molar-refractivity contribution in [1.29, 1.82) is 0 Å². The van der Waals surface area contributed by atoms with Crippen molar-refractivity contribution in [3.8, 4) is 0 Å². The Hall–Kier alpha value is -1.92. The molecule has 6 heteroatoms. The number of fused-ring (bicyclic) bond motifs is 1. The van der Waals surface area contributed by atoms with Crippen molar-refractivity contribution in [2.75, 3.05) is 18.5 Å². The zero-order chi connectivity index (χ0) is 14.9. The molecule has 4 N–H and O–H groups in total. The van der Waals surface area contributed by atoms with Crippen LogP contribution in [0.25, 0.3) is 0 Å². The molecule has 0 radical (unpaired) electrons. The molecule has 1 atom stereocenters. The topological polar surface area (TPSA) is 102 Å². The van der Waals surface area contributed by atoms with Crippen molar-refractivity contribution in [3.05, 3.63) is 29.3 Å². The minimum atomic E-state index is -1.03. The summed E-state index contributed by atoms with van der Waals surface area (Å²) in [6.45, 7) is 3.45. The Kier molecular flexibility index (Phi) is 3.78. The Labute approximate surface area is 116 Å². The number of anilines is 1. The first-order chi connectivity index (χ1) is 9.32. The number of nitrogens with two attached hydrogens (primary N) is 1. The summed E-state index contributed by atoms with van der Waals surface area (Å²) in [4.78, 5) is 22.2. The van der Waals surface area contributed by atoms with Crippen LogP contribution in [0.2, 0.25) is 0 Å². The third-order valence-electron chi connectivity index (χ3n) is 3.48. The molecule has 1 amide bonds. The Morgan fingerprint density at radius 2 is 2.20 bits per heavy atom. The van der Waals surface area contributed by atoms with E-state index >= 15 is 0 Å². The first-order valence-electron chi connectivity index (χ1n) is 6.33. The smallest absolute Gasteiger partial charge is 0.329 e. The van der Waals surface area contributed by atoms with Gasteiger partial charge in [0.2, 0.25) is 5.91 Å². The molecule has 0 saturated carbocycles. The molecule has 20 heavy (non-hydrogen) atoms. The molecule has 1 aromatic rings. The van der Waals surface area contributed by atoms with E-state index in [2.05, 4.69) is 5.32 Å². The monoisotopic (exact) mass is 278 g/mol. The standard InChI is InChI=1S/C14H18N2O4/c1-14(2)9-5-8(3-4-11(9)16-13(14)19)10(15)6-20-7-12(17)18/h3-5,10H,6-7,15H2,1-2H3,(H,16,19)(H,17,18). The molecule has 2 rings (SSSR count). The summed E-state index contributed by atoms with van der Waals surface area (Å²) >= 11 is 0. The van der Waals surface area contributed by atoms with Crippen LogP contribution in [0.1, 0.15) is 31.0 Å². The van der Waals surface area contributed by atoms with E-state index in [0.29, 0.717) is 0 Å². The van der Waals surface area contributed by atoms with Crippen LogP contribution >= 0.6 is 0 Å². The summed E-state index contributed by atoms with van der Waals surface area (Å²) in [6.07, 6.45) is 0. The number of carboxylic acid groups (broad SMARTS) is 1. The quantitative estimate of drug-likeness (QED) is 0.746. The lowest BCUT2D eigenvalue weighted by Gasteiger charge is -2.18. The Morgan fingerprint density at radius 3 is 2.85 bits per heavy atom. The predicted molar refractivity (Wildman–Crippen MR) is 73.5 cm³/mol. The van der Waals surface area contributed by atoms with Gasteiger partial charge in [0.05, 0.1) is 18.1 Å². The summed E-state index contributed by atoms with van der Waals surface area (Å²) in [7, 11) is 0. The van der Waals surface area contributed by atoms with Gasteiger partial charge in [-0.2, -0.15) is 0 Å². The molecule has 1 heterocycles. The fourth-order valence-corrected chi connectivity index (χ4v) is 2.19. The number of benzene rings is 1. The zero-order valence-corrected chi connectivity index (χ0v) is 11.5. The van der Waals surface area contributed by atoms with Crippen LogP contribution < -0.4 is 11.1 Å². The van der Waals surface area contributed by atoms with Crippen molar-refractivity contribution in [3.63, 3.8) is 0 Å². The number of hydrogen-bond acceptors (Lipinski definition) is 4. The second-order valence-electron chi connectivity index (χ2n) is 5.40. The Balaban J connectivity index is 2.14. The maximum Gasteiger partial charge on any atom is 0.329 e. The highest BCUT2D eigenvalue weighted by Crippen LogP contribution is 2.38. The lowest BCUT2D eigenvalue weighted by Crippen LogP contribution is -2.27. The highest BCUT2D eigenvalue weighted by Gasteiger charge is 2.38. The molecular weight excluding hydrogens is 260 g/mol. The second-order valence-corrected chi connectivity index (χ2v) is 5.40. The zero-order valence-electron chi connectivity index (χ0n) is 11.5. The number of carbonyl (C=O) groups is 2. The minimum Gasteiger partial charge on any atom is -0.480 e. The van der Waals surface area contributed by atoms with Gasteiger partial charge in [-0.05, 0) is 31.0 Å². The van der Waals surface area contributed by atoms with Crippen LogP contribution in [0.3, 0.4) is 0 Å². The predicted octanol–water partition coefficient (Wildman–Crippen LogP) is 1.02. The van der Waals surface area contributed by atoms with Gasteiger partial charge in [0.15, 0.2) is 0 Å². The first kappa shape index (κ1) is 14.5. The van der Waals surface area contributed by atoms with Gasteiger partial charge in [0.25, 0.3) is 0 Å². The van der Waals surface area contributed by atoms with Gasteiger partial charge < -0.3 is 20.9 Å². The largest absolute Gasteiger partial charge is 0.480 e. The summed E-state index contributed by atoms with van der Waals surface area (Å²) < 4.78 is 5.00. The number of nitrogens with one attached hydrogen (secondary N) is 1. The van der Waals surface area contributed by atoms with E-state index in [4.69, 9.17) is 15.6 Å². The van der Waals surface area contributed by atoms with Crippen molar-refractivity contribution in [1.82, 2.24) is 0 Å². The average Bonchev–Trinajstić information content (AvgIpc) is 2.59. The Bertz CT molecular complexity index is 554. The van der Waals surface area contributed by atoms with Gasteiger partial charge in [0, 0.05) is 5.69 Å². The van der Waals surface area contributed by atoms with Crippen LogP contribution in [0, 0.1) is 0 Å². The number of carbonyl (C=O) groups excluding carboxylic acids is 1. The maximum absolute atomic E-state index is 11.8. The molecule has 0 fully saturated rings. The van der Waals surface area contributed by atoms with Crippen LogP contribution in [-0.2, 0) is 19.7 Å². The molecule has 1 aliphatic heterocycles. The Morgan fingerprint density at radius 1 is 1.50 bits per heavy atom. The number of aliphatic carboxylic acids is 1. The minimum absolute atomic E-state index is 0.0413. The third-order valence-corrected chi connectivity index (χ3v) is 3.48. The van der Waals surface area contributed by atoms with E-state index in [1.807, 2.05) is 32.0 Å². The lowest BCUT2D eigenvalue weighted by molar-refractivity contribution is -0.142. The molecule has 1 unspecified atom stereocenters. The number of carboxylic acids is 1. The fourth-order valence-electron chi connectivity index (χ4n) is 2.19. The molecule has 6 nitrogen and oxygen atoms in total. The van der Waals surface area contributed by atoms with Crippen LogP contribution in [-0.4, -0.2) is 30.2 Å². The first-order valence-corrected chi connectivity index (χ1v) is 6.33. The molecule has 0 bridgehead atoms. The lowest BCUT2D eigenvalue weighted by atomic mass is 9.85. The van der Waals surface area contributed by atoms with Gasteiger partial charge >= 0.3 is 5.97 Å². The second kappa shape index (κ2) is 5.22. The number of rotatable bonds is 5. The van der Waals surface area contributed by atoms with Gasteiger partial charge in [-0.3, -0.25) is 4.79 Å². The summed E-state index contributed by atoms with van der Waals surface area (Å²) in [6, 6.07) is 5.08. The van der Waals surface area contributed by atoms with Crippen LogP contribution in [0.4, 0.5) is 5.69 Å². The average molecular weight is 278 g/mol. The molecule has 1 aliphatic rings. The van der Waals surface area contributed by atoms with Gasteiger partial charge in [-0.1, -0.05) is 12.1 Å². The molecule has 0 aromatic heterocycles. The molecule has 0 saturated heterocycles. The summed E-state index contributed by atoms with van der Waals surface area (Å²) in [5.41, 5.74) is 7.89. The normalized spacial score (nSPS) is 17.4. The summed E-state index contributed by atoms with van der Waals surface area (Å²) in [5, 5.41) is 11.3. The van der Waals surface area contributed by atoms with E-state index in [-0.39, 0.29) is 19.1 Å². The summed E-state index contributed by atoms with van der Waals surface area (Å²) in [5.74, 6) is -1.07. The molecule has 0 spiro atoms. The van der Waals surface area contributed by atoms with Crippen LogP contribution in [0.5, 0.6) is 0 Å². The van der Waals surface area contributed by atoms with Crippen LogP contribution in [0.15, 0.2) is 18.2 Å². The van der Waals surface area contributed by atoms with E-state index in [0.717, 1.165) is 16.8 Å². The van der Waals surface area contributed by atoms with Crippen molar-refractivity contribution in [2.45, 2.75) is 25.3 Å². The molecular formula is C14H18N2O4. The van der Waals surface area contributed by atoms with E-state index in [9.17, 15) is 9.59 Å².